The van der Waals surface area contributed by atoms with Gasteiger partial charge in [0.2, 0.25) is 0 Å². The molecule has 3 unspecified atom stereocenters. The Morgan fingerprint density at radius 3 is 2.72 bits per heavy atom. The smallest absolute Gasteiger partial charge is 0.261 e. The lowest BCUT2D eigenvalue weighted by molar-refractivity contribution is 0.0779. The minimum absolute atomic E-state index is 0.0628. The van der Waals surface area contributed by atoms with Gasteiger partial charge in [0, 0.05) is 47.5 Å². The Labute approximate surface area is 184 Å². The zero-order chi connectivity index (χ0) is 23.0. The van der Waals surface area contributed by atoms with Gasteiger partial charge in [-0.2, -0.15) is 0 Å². The third-order valence-electron chi connectivity index (χ3n) is 6.43. The number of halogens is 2. The van der Waals surface area contributed by atoms with Crippen molar-refractivity contribution >= 4 is 5.65 Å². The molecular weight excluding hydrogens is 416 g/mol. The standard InChI is InChI=1S/C24H27F2N3O3/c1-4-15(9-21(30)16-7-8-32-12-16)20-11-29-23(27-14(3)13(2)24(29)31)22(28-20)18-6-5-17(25)10-19(18)26/h5-6,10-11,15-16,21,30H,4,7-9,12H2,1-3H3. The van der Waals surface area contributed by atoms with E-state index in [1.165, 1.54) is 10.5 Å². The van der Waals surface area contributed by atoms with Crippen LogP contribution >= 0.6 is 0 Å². The van der Waals surface area contributed by atoms with E-state index in [9.17, 15) is 18.7 Å². The van der Waals surface area contributed by atoms with Gasteiger partial charge in [0.25, 0.3) is 5.56 Å². The first-order valence-corrected chi connectivity index (χ1v) is 10.9. The number of rotatable bonds is 6. The van der Waals surface area contributed by atoms with E-state index in [4.69, 9.17) is 9.72 Å². The Morgan fingerprint density at radius 1 is 1.28 bits per heavy atom. The number of benzene rings is 1. The molecule has 1 aliphatic heterocycles. The number of ether oxygens (including phenoxy) is 1. The van der Waals surface area contributed by atoms with Crippen molar-refractivity contribution in [1.29, 1.82) is 0 Å². The first-order valence-electron chi connectivity index (χ1n) is 10.9. The van der Waals surface area contributed by atoms with Crippen LogP contribution in [0.5, 0.6) is 0 Å². The molecule has 170 valence electrons. The zero-order valence-electron chi connectivity index (χ0n) is 18.4. The highest BCUT2D eigenvalue weighted by molar-refractivity contribution is 5.74. The summed E-state index contributed by atoms with van der Waals surface area (Å²) in [6.07, 6.45) is 2.98. The van der Waals surface area contributed by atoms with Crippen LogP contribution in [0.2, 0.25) is 0 Å². The Hall–Kier alpha value is -2.71. The maximum atomic E-state index is 14.7. The quantitative estimate of drug-likeness (QED) is 0.625. The van der Waals surface area contributed by atoms with Gasteiger partial charge in [0.1, 0.15) is 17.3 Å². The van der Waals surface area contributed by atoms with Gasteiger partial charge in [0.05, 0.1) is 18.4 Å². The van der Waals surface area contributed by atoms with E-state index in [1.807, 2.05) is 6.92 Å². The predicted octanol–water partition coefficient (Wildman–Crippen LogP) is 3.93. The second kappa shape index (κ2) is 9.03. The van der Waals surface area contributed by atoms with Crippen molar-refractivity contribution in [3.05, 3.63) is 63.3 Å². The van der Waals surface area contributed by atoms with E-state index in [0.29, 0.717) is 43.0 Å². The van der Waals surface area contributed by atoms with Crippen LogP contribution in [0.15, 0.2) is 29.2 Å². The van der Waals surface area contributed by atoms with E-state index in [2.05, 4.69) is 4.98 Å². The molecular formula is C24H27F2N3O3. The first kappa shape index (κ1) is 22.5. The zero-order valence-corrected chi connectivity index (χ0v) is 18.4. The minimum Gasteiger partial charge on any atom is -0.393 e. The third-order valence-corrected chi connectivity index (χ3v) is 6.43. The number of hydrogen-bond donors (Lipinski definition) is 1. The molecule has 1 aliphatic rings. The molecule has 0 radical (unpaired) electrons. The van der Waals surface area contributed by atoms with Crippen molar-refractivity contribution < 1.29 is 18.6 Å². The number of aliphatic hydroxyl groups is 1. The fourth-order valence-corrected chi connectivity index (χ4v) is 4.25. The minimum atomic E-state index is -0.778. The lowest BCUT2D eigenvalue weighted by Gasteiger charge is -2.23. The number of hydrogen-bond acceptors (Lipinski definition) is 5. The number of nitrogens with zero attached hydrogens (tertiary/aromatic N) is 3. The largest absolute Gasteiger partial charge is 0.393 e. The summed E-state index contributed by atoms with van der Waals surface area (Å²) in [4.78, 5) is 22.2. The molecule has 0 amide bonds. The molecule has 2 aromatic heterocycles. The molecule has 8 heteroatoms. The van der Waals surface area contributed by atoms with Gasteiger partial charge in [0.15, 0.2) is 5.65 Å². The van der Waals surface area contributed by atoms with Crippen LogP contribution in [0.3, 0.4) is 0 Å². The van der Waals surface area contributed by atoms with Gasteiger partial charge in [-0.1, -0.05) is 6.92 Å². The molecule has 1 saturated heterocycles. The molecule has 0 aliphatic carbocycles. The highest BCUT2D eigenvalue weighted by Gasteiger charge is 2.28. The van der Waals surface area contributed by atoms with Crippen LogP contribution in [-0.2, 0) is 4.74 Å². The molecule has 0 bridgehead atoms. The lowest BCUT2D eigenvalue weighted by atomic mass is 9.89. The highest BCUT2D eigenvalue weighted by Crippen LogP contribution is 2.32. The van der Waals surface area contributed by atoms with Crippen molar-refractivity contribution in [3.63, 3.8) is 0 Å². The van der Waals surface area contributed by atoms with Gasteiger partial charge < -0.3 is 9.84 Å². The number of aliphatic hydroxyl groups excluding tert-OH is 1. The Morgan fingerprint density at radius 2 is 2.06 bits per heavy atom. The van der Waals surface area contributed by atoms with Crippen LogP contribution < -0.4 is 5.56 Å². The monoisotopic (exact) mass is 443 g/mol. The van der Waals surface area contributed by atoms with E-state index < -0.39 is 17.7 Å². The van der Waals surface area contributed by atoms with Crippen LogP contribution in [-0.4, -0.2) is 38.8 Å². The van der Waals surface area contributed by atoms with Gasteiger partial charge in [-0.15, -0.1) is 0 Å². The molecule has 0 spiro atoms. The highest BCUT2D eigenvalue weighted by atomic mass is 19.1. The Bertz CT molecular complexity index is 1210. The fourth-order valence-electron chi connectivity index (χ4n) is 4.25. The topological polar surface area (TPSA) is 76.7 Å². The molecule has 3 atom stereocenters. The van der Waals surface area contributed by atoms with Crippen LogP contribution in [0.25, 0.3) is 16.9 Å². The molecule has 3 aromatic rings. The third kappa shape index (κ3) is 4.17. The summed E-state index contributed by atoms with van der Waals surface area (Å²) in [6, 6.07) is 3.26. The summed E-state index contributed by atoms with van der Waals surface area (Å²) < 4.78 is 35.0. The summed E-state index contributed by atoms with van der Waals surface area (Å²) >= 11 is 0. The van der Waals surface area contributed by atoms with Crippen LogP contribution in [0.1, 0.15) is 49.1 Å². The molecule has 1 N–H and O–H groups in total. The van der Waals surface area contributed by atoms with E-state index in [1.54, 1.807) is 20.0 Å². The Kier molecular flexibility index (Phi) is 6.35. The van der Waals surface area contributed by atoms with Gasteiger partial charge >= 0.3 is 0 Å². The second-order valence-electron chi connectivity index (χ2n) is 8.49. The summed E-state index contributed by atoms with van der Waals surface area (Å²) in [5.41, 5.74) is 1.77. The number of aromatic nitrogens is 3. The van der Waals surface area contributed by atoms with Gasteiger partial charge in [-0.05, 0) is 45.2 Å². The van der Waals surface area contributed by atoms with E-state index in [-0.39, 0.29) is 34.3 Å². The summed E-state index contributed by atoms with van der Waals surface area (Å²) in [6.45, 7) is 6.55. The van der Waals surface area contributed by atoms with Crippen molar-refractivity contribution in [1.82, 2.24) is 14.4 Å². The van der Waals surface area contributed by atoms with E-state index >= 15 is 0 Å². The molecule has 0 saturated carbocycles. The van der Waals surface area contributed by atoms with Crippen molar-refractivity contribution in [2.75, 3.05) is 13.2 Å². The maximum Gasteiger partial charge on any atom is 0.261 e. The van der Waals surface area contributed by atoms with Crippen LogP contribution in [0, 0.1) is 31.4 Å². The SMILES string of the molecule is CCC(CC(O)C1CCOC1)c1cn2c(=O)c(C)c(C)nc2c(-c2ccc(F)cc2F)n1. The second-order valence-corrected chi connectivity index (χ2v) is 8.49. The van der Waals surface area contributed by atoms with Crippen molar-refractivity contribution in [2.24, 2.45) is 5.92 Å². The summed E-state index contributed by atoms with van der Waals surface area (Å²) in [5, 5.41) is 10.7. The predicted molar refractivity (Wildman–Crippen MR) is 117 cm³/mol. The van der Waals surface area contributed by atoms with Gasteiger partial charge in [-0.3, -0.25) is 9.20 Å². The molecule has 6 nitrogen and oxygen atoms in total. The molecule has 32 heavy (non-hydrogen) atoms. The number of fused-ring (bicyclic) bond motifs is 1. The first-order chi connectivity index (χ1) is 15.3. The molecule has 1 aromatic carbocycles. The number of aryl methyl sites for hydroxylation is 1. The van der Waals surface area contributed by atoms with E-state index in [0.717, 1.165) is 18.6 Å². The molecule has 3 heterocycles. The fraction of sp³-hybridized carbons (Fsp3) is 0.458. The summed E-state index contributed by atoms with van der Waals surface area (Å²) in [7, 11) is 0. The van der Waals surface area contributed by atoms with Crippen molar-refractivity contribution in [3.8, 4) is 11.3 Å². The van der Waals surface area contributed by atoms with Crippen LogP contribution in [0.4, 0.5) is 8.78 Å². The average Bonchev–Trinajstić information content (AvgIpc) is 3.31. The van der Waals surface area contributed by atoms with Gasteiger partial charge in [-0.25, -0.2) is 18.7 Å². The lowest BCUT2D eigenvalue weighted by Crippen LogP contribution is -2.25. The Balaban J connectivity index is 1.88. The molecule has 4 rings (SSSR count). The average molecular weight is 443 g/mol. The molecule has 1 fully saturated rings. The normalized spacial score (nSPS) is 18.2. The maximum absolute atomic E-state index is 14.7. The van der Waals surface area contributed by atoms with Crippen molar-refractivity contribution in [2.45, 2.75) is 52.1 Å². The summed E-state index contributed by atoms with van der Waals surface area (Å²) in [5.74, 6) is -1.57.